The minimum Gasteiger partial charge on any atom is -0.396 e. The number of nitrogens with two attached hydrogens (primary N) is 1. The first-order chi connectivity index (χ1) is 6.58. The molecule has 14 heavy (non-hydrogen) atoms. The molecule has 5 nitrogen and oxygen atoms in total. The average molecular weight is 196 g/mol. The van der Waals surface area contributed by atoms with Crippen LogP contribution in [0.15, 0.2) is 12.4 Å². The van der Waals surface area contributed by atoms with Crippen molar-refractivity contribution >= 4 is 11.6 Å². The van der Waals surface area contributed by atoms with Crippen LogP contribution in [0, 0.1) is 0 Å². The summed E-state index contributed by atoms with van der Waals surface area (Å²) in [7, 11) is 0. The van der Waals surface area contributed by atoms with E-state index in [1.807, 2.05) is 6.92 Å². The zero-order valence-electron chi connectivity index (χ0n) is 8.44. The lowest BCUT2D eigenvalue weighted by Crippen LogP contribution is -2.21. The van der Waals surface area contributed by atoms with Crippen molar-refractivity contribution in [1.82, 2.24) is 9.97 Å². The SMILES string of the molecule is CC(O)CC(C)Nc1ncc(N)cn1. The summed E-state index contributed by atoms with van der Waals surface area (Å²) < 4.78 is 0. The maximum Gasteiger partial charge on any atom is 0.222 e. The molecule has 5 heteroatoms. The van der Waals surface area contributed by atoms with E-state index in [0.717, 1.165) is 0 Å². The number of aromatic nitrogens is 2. The molecule has 0 saturated heterocycles. The Kier molecular flexibility index (Phi) is 3.64. The maximum atomic E-state index is 9.14. The summed E-state index contributed by atoms with van der Waals surface area (Å²) in [6.07, 6.45) is 3.43. The second-order valence-electron chi connectivity index (χ2n) is 3.47. The number of rotatable bonds is 4. The number of anilines is 2. The van der Waals surface area contributed by atoms with Gasteiger partial charge in [0.2, 0.25) is 5.95 Å². The van der Waals surface area contributed by atoms with Gasteiger partial charge in [-0.05, 0) is 20.3 Å². The van der Waals surface area contributed by atoms with Crippen LogP contribution in [0.2, 0.25) is 0 Å². The molecule has 1 heterocycles. The fourth-order valence-electron chi connectivity index (χ4n) is 1.20. The van der Waals surface area contributed by atoms with E-state index in [4.69, 9.17) is 10.8 Å². The highest BCUT2D eigenvalue weighted by Crippen LogP contribution is 2.05. The van der Waals surface area contributed by atoms with Gasteiger partial charge in [0.1, 0.15) is 0 Å². The topological polar surface area (TPSA) is 84.1 Å². The quantitative estimate of drug-likeness (QED) is 0.657. The lowest BCUT2D eigenvalue weighted by molar-refractivity contribution is 0.179. The molecule has 0 aliphatic rings. The molecule has 0 bridgehead atoms. The molecule has 2 unspecified atom stereocenters. The highest BCUT2D eigenvalue weighted by atomic mass is 16.3. The Bertz CT molecular complexity index is 273. The van der Waals surface area contributed by atoms with Crippen LogP contribution in [0.5, 0.6) is 0 Å². The first-order valence-corrected chi connectivity index (χ1v) is 4.60. The van der Waals surface area contributed by atoms with Crippen molar-refractivity contribution in [1.29, 1.82) is 0 Å². The minimum absolute atomic E-state index is 0.138. The van der Waals surface area contributed by atoms with Crippen LogP contribution in [-0.2, 0) is 0 Å². The lowest BCUT2D eigenvalue weighted by atomic mass is 10.2. The van der Waals surface area contributed by atoms with Gasteiger partial charge in [-0.2, -0.15) is 0 Å². The van der Waals surface area contributed by atoms with Gasteiger partial charge < -0.3 is 16.2 Å². The first-order valence-electron chi connectivity index (χ1n) is 4.60. The largest absolute Gasteiger partial charge is 0.396 e. The van der Waals surface area contributed by atoms with Crippen molar-refractivity contribution in [2.45, 2.75) is 32.4 Å². The average Bonchev–Trinajstić information content (AvgIpc) is 2.07. The number of hydrogen-bond donors (Lipinski definition) is 3. The predicted molar refractivity (Wildman–Crippen MR) is 55.8 cm³/mol. The predicted octanol–water partition coefficient (Wildman–Crippen LogP) is 0.630. The fourth-order valence-corrected chi connectivity index (χ4v) is 1.20. The van der Waals surface area contributed by atoms with E-state index in [2.05, 4.69) is 15.3 Å². The summed E-state index contributed by atoms with van der Waals surface area (Å²) in [4.78, 5) is 7.99. The standard InChI is InChI=1S/C9H16N4O/c1-6(3-7(2)14)13-9-11-4-8(10)5-12-9/h4-7,14H,3,10H2,1-2H3,(H,11,12,13). The van der Waals surface area contributed by atoms with E-state index in [9.17, 15) is 0 Å². The third kappa shape index (κ3) is 3.57. The van der Waals surface area contributed by atoms with E-state index in [1.165, 1.54) is 0 Å². The molecule has 0 aliphatic heterocycles. The van der Waals surface area contributed by atoms with Crippen molar-refractivity contribution in [2.75, 3.05) is 11.1 Å². The molecule has 0 aromatic carbocycles. The Morgan fingerprint density at radius 1 is 1.43 bits per heavy atom. The Balaban J connectivity index is 2.47. The molecule has 0 aliphatic carbocycles. The van der Waals surface area contributed by atoms with Crippen LogP contribution < -0.4 is 11.1 Å². The van der Waals surface area contributed by atoms with Gasteiger partial charge in [-0.3, -0.25) is 0 Å². The van der Waals surface area contributed by atoms with Gasteiger partial charge >= 0.3 is 0 Å². The van der Waals surface area contributed by atoms with Crippen LogP contribution in [0.4, 0.5) is 11.6 Å². The van der Waals surface area contributed by atoms with Gasteiger partial charge in [-0.25, -0.2) is 9.97 Å². The molecule has 0 amide bonds. The third-order valence-corrected chi connectivity index (χ3v) is 1.74. The smallest absolute Gasteiger partial charge is 0.222 e. The first kappa shape index (κ1) is 10.7. The normalized spacial score (nSPS) is 14.8. The van der Waals surface area contributed by atoms with Gasteiger partial charge in [0.25, 0.3) is 0 Å². The van der Waals surface area contributed by atoms with E-state index in [0.29, 0.717) is 18.1 Å². The Morgan fingerprint density at radius 3 is 2.50 bits per heavy atom. The van der Waals surface area contributed by atoms with E-state index >= 15 is 0 Å². The second-order valence-corrected chi connectivity index (χ2v) is 3.47. The summed E-state index contributed by atoms with van der Waals surface area (Å²) in [5.74, 6) is 0.535. The maximum absolute atomic E-state index is 9.14. The number of hydrogen-bond acceptors (Lipinski definition) is 5. The Morgan fingerprint density at radius 2 is 2.00 bits per heavy atom. The molecule has 0 fully saturated rings. The summed E-state index contributed by atoms with van der Waals surface area (Å²) >= 11 is 0. The Hall–Kier alpha value is -1.36. The van der Waals surface area contributed by atoms with Crippen LogP contribution >= 0.6 is 0 Å². The molecule has 1 rings (SSSR count). The molecular formula is C9H16N4O. The monoisotopic (exact) mass is 196 g/mol. The molecule has 1 aromatic heterocycles. The lowest BCUT2D eigenvalue weighted by Gasteiger charge is -2.14. The molecule has 0 saturated carbocycles. The number of aliphatic hydroxyl groups is 1. The number of nitrogens with one attached hydrogen (secondary N) is 1. The van der Waals surface area contributed by atoms with Crippen molar-refractivity contribution in [2.24, 2.45) is 0 Å². The number of nitrogen functional groups attached to an aromatic ring is 1. The zero-order chi connectivity index (χ0) is 10.6. The van der Waals surface area contributed by atoms with Gasteiger partial charge in [0.05, 0.1) is 24.2 Å². The van der Waals surface area contributed by atoms with Crippen LogP contribution in [0.1, 0.15) is 20.3 Å². The van der Waals surface area contributed by atoms with Crippen LogP contribution in [0.3, 0.4) is 0 Å². The summed E-state index contributed by atoms with van der Waals surface area (Å²) in [5, 5.41) is 12.2. The van der Waals surface area contributed by atoms with Gasteiger partial charge in [0.15, 0.2) is 0 Å². The van der Waals surface area contributed by atoms with Crippen molar-refractivity contribution in [3.63, 3.8) is 0 Å². The number of nitrogens with zero attached hydrogens (tertiary/aromatic N) is 2. The molecule has 1 aromatic rings. The number of aliphatic hydroxyl groups excluding tert-OH is 1. The minimum atomic E-state index is -0.328. The van der Waals surface area contributed by atoms with Crippen molar-refractivity contribution in [3.05, 3.63) is 12.4 Å². The summed E-state index contributed by atoms with van der Waals surface area (Å²) in [5.41, 5.74) is 5.99. The zero-order valence-corrected chi connectivity index (χ0v) is 8.44. The van der Waals surface area contributed by atoms with Gasteiger partial charge in [-0.1, -0.05) is 0 Å². The van der Waals surface area contributed by atoms with E-state index in [1.54, 1.807) is 19.3 Å². The molecule has 0 spiro atoms. The summed E-state index contributed by atoms with van der Waals surface area (Å²) in [6, 6.07) is 0.138. The van der Waals surface area contributed by atoms with Crippen molar-refractivity contribution in [3.8, 4) is 0 Å². The highest BCUT2D eigenvalue weighted by Gasteiger charge is 2.06. The fraction of sp³-hybridized carbons (Fsp3) is 0.556. The van der Waals surface area contributed by atoms with E-state index in [-0.39, 0.29) is 12.1 Å². The molecule has 2 atom stereocenters. The third-order valence-electron chi connectivity index (χ3n) is 1.74. The van der Waals surface area contributed by atoms with Crippen molar-refractivity contribution < 1.29 is 5.11 Å². The Labute approximate surface area is 83.4 Å². The second kappa shape index (κ2) is 4.76. The van der Waals surface area contributed by atoms with Crippen LogP contribution in [-0.4, -0.2) is 27.2 Å². The van der Waals surface area contributed by atoms with Gasteiger partial charge in [0, 0.05) is 6.04 Å². The van der Waals surface area contributed by atoms with E-state index < -0.39 is 0 Å². The summed E-state index contributed by atoms with van der Waals surface area (Å²) in [6.45, 7) is 3.72. The van der Waals surface area contributed by atoms with Crippen LogP contribution in [0.25, 0.3) is 0 Å². The molecule has 4 N–H and O–H groups in total. The molecule has 0 radical (unpaired) electrons. The molecule has 78 valence electrons. The molecular weight excluding hydrogens is 180 g/mol. The van der Waals surface area contributed by atoms with Gasteiger partial charge in [-0.15, -0.1) is 0 Å². The highest BCUT2D eigenvalue weighted by molar-refractivity contribution is 5.36.